The molecule has 1 aliphatic carbocycles. The fraction of sp³-hybridized carbons (Fsp3) is 0.517. The van der Waals surface area contributed by atoms with Crippen LogP contribution in [0.3, 0.4) is 0 Å². The highest BCUT2D eigenvalue weighted by molar-refractivity contribution is 5.99. The van der Waals surface area contributed by atoms with Crippen molar-refractivity contribution in [2.45, 2.75) is 82.7 Å². The molecule has 5 rings (SSSR count). The lowest BCUT2D eigenvalue weighted by Gasteiger charge is -2.49. The maximum Gasteiger partial charge on any atom is 0.232 e. The number of guanidine groups is 1. The number of aliphatic imine (C=N–C) groups is 1. The van der Waals surface area contributed by atoms with Crippen molar-refractivity contribution in [3.63, 3.8) is 0 Å². The van der Waals surface area contributed by atoms with Gasteiger partial charge in [-0.05, 0) is 64.2 Å². The number of amides is 2. The molecular weight excluding hydrogens is 501 g/mol. The lowest BCUT2D eigenvalue weighted by molar-refractivity contribution is -0.148. The largest absolute Gasteiger partial charge is 0.484 e. The molecule has 2 amide bonds. The molecule has 1 saturated carbocycles. The summed E-state index contributed by atoms with van der Waals surface area (Å²) < 4.78 is 20.3. The Kier molecular flexibility index (Phi) is 6.44. The topological polar surface area (TPSA) is 130 Å². The van der Waals surface area contributed by atoms with E-state index in [0.717, 1.165) is 6.20 Å². The molecule has 3 aliphatic rings. The van der Waals surface area contributed by atoms with Crippen LogP contribution in [-0.2, 0) is 9.59 Å². The number of carbonyl (C=O) groups excluding carboxylic acids is 2. The van der Waals surface area contributed by atoms with Gasteiger partial charge in [0.05, 0.1) is 30.2 Å². The summed E-state index contributed by atoms with van der Waals surface area (Å²) in [5.74, 6) is -1.23. The number of rotatable bonds is 6. The molecule has 2 aliphatic heterocycles. The highest BCUT2D eigenvalue weighted by Gasteiger charge is 2.57. The number of ether oxygens (including phenoxy) is 1. The molecule has 208 valence electrons. The van der Waals surface area contributed by atoms with Crippen LogP contribution in [0.2, 0.25) is 0 Å². The Labute approximate surface area is 227 Å². The van der Waals surface area contributed by atoms with Crippen LogP contribution in [0, 0.1) is 17.7 Å². The summed E-state index contributed by atoms with van der Waals surface area (Å²) in [6.45, 7) is 9.03. The number of pyridine rings is 1. The Morgan fingerprint density at radius 3 is 2.67 bits per heavy atom. The van der Waals surface area contributed by atoms with Crippen molar-refractivity contribution in [1.82, 2.24) is 15.2 Å². The molecule has 9 nitrogen and oxygen atoms in total. The molecule has 3 unspecified atom stereocenters. The molecule has 0 bridgehead atoms. The number of hydrogen-bond acceptors (Lipinski definition) is 7. The fourth-order valence-electron chi connectivity index (χ4n) is 5.76. The molecule has 1 fully saturated rings. The number of hydrogen-bond donors (Lipinski definition) is 3. The zero-order valence-corrected chi connectivity index (χ0v) is 22.9. The van der Waals surface area contributed by atoms with E-state index in [1.54, 1.807) is 20.8 Å². The number of carbonyl (C=O) groups is 2. The van der Waals surface area contributed by atoms with Crippen molar-refractivity contribution in [3.8, 4) is 5.75 Å². The number of para-hydroxylation sites is 1. The van der Waals surface area contributed by atoms with Gasteiger partial charge >= 0.3 is 0 Å². The van der Waals surface area contributed by atoms with E-state index in [9.17, 15) is 19.1 Å². The van der Waals surface area contributed by atoms with E-state index in [0.29, 0.717) is 29.7 Å². The van der Waals surface area contributed by atoms with Gasteiger partial charge in [0.1, 0.15) is 22.8 Å². The van der Waals surface area contributed by atoms with Crippen LogP contribution in [0.5, 0.6) is 5.75 Å². The molecule has 0 spiro atoms. The van der Waals surface area contributed by atoms with Crippen molar-refractivity contribution in [2.24, 2.45) is 22.6 Å². The number of aliphatic hydroxyl groups is 1. The summed E-state index contributed by atoms with van der Waals surface area (Å²) >= 11 is 0. The molecule has 0 radical (unpaired) electrons. The summed E-state index contributed by atoms with van der Waals surface area (Å²) in [7, 11) is 0. The third-order valence-electron chi connectivity index (χ3n) is 8.78. The minimum Gasteiger partial charge on any atom is -0.484 e. The predicted octanol–water partition coefficient (Wildman–Crippen LogP) is 3.39. The lowest BCUT2D eigenvalue weighted by Crippen LogP contribution is -2.62. The van der Waals surface area contributed by atoms with E-state index >= 15 is 0 Å². The molecule has 0 saturated heterocycles. The number of nitrogens with two attached hydrogens (primary N) is 1. The first-order valence-electron chi connectivity index (χ1n) is 13.4. The summed E-state index contributed by atoms with van der Waals surface area (Å²) in [6, 6.07) is 7.19. The van der Waals surface area contributed by atoms with Gasteiger partial charge in [0.2, 0.25) is 11.8 Å². The highest BCUT2D eigenvalue weighted by atomic mass is 19.1. The van der Waals surface area contributed by atoms with Gasteiger partial charge in [-0.1, -0.05) is 25.1 Å². The van der Waals surface area contributed by atoms with E-state index in [1.165, 1.54) is 17.2 Å². The third kappa shape index (κ3) is 4.64. The van der Waals surface area contributed by atoms with Crippen LogP contribution in [0.15, 0.2) is 47.7 Å². The number of nitrogens with one attached hydrogen (secondary N) is 1. The van der Waals surface area contributed by atoms with Gasteiger partial charge in [-0.25, -0.2) is 9.38 Å². The molecule has 6 atom stereocenters. The quantitative estimate of drug-likeness (QED) is 0.518. The van der Waals surface area contributed by atoms with Crippen molar-refractivity contribution >= 4 is 17.8 Å². The summed E-state index contributed by atoms with van der Waals surface area (Å²) in [6.07, 6.45) is 3.83. The van der Waals surface area contributed by atoms with Crippen LogP contribution >= 0.6 is 0 Å². The second kappa shape index (κ2) is 9.29. The summed E-state index contributed by atoms with van der Waals surface area (Å²) in [5.41, 5.74) is 4.47. The Balaban J connectivity index is 1.45. The van der Waals surface area contributed by atoms with Gasteiger partial charge in [-0.2, -0.15) is 0 Å². The number of halogens is 1. The molecule has 4 N–H and O–H groups in total. The molecule has 1 aromatic carbocycles. The Hall–Kier alpha value is -3.53. The minimum absolute atomic E-state index is 0.0546. The van der Waals surface area contributed by atoms with Gasteiger partial charge in [0.25, 0.3) is 0 Å². The Morgan fingerprint density at radius 1 is 1.28 bits per heavy atom. The van der Waals surface area contributed by atoms with Crippen LogP contribution in [0.25, 0.3) is 0 Å². The lowest BCUT2D eigenvalue weighted by atomic mass is 9.75. The molecular formula is C29H36FN5O4. The Bertz CT molecular complexity index is 1340. The standard InChI is InChI=1S/C29H36FN5O4/c1-6-28(4)13-22(36)35(26(31)34-28)23(16-11-17(30)15-32-14-16)19-12-20(19)25(37)33-24-18-9-7-8-10-21(18)39-27(2,3)29(24,5)38/h7-11,14-15,19-20,23-24,38H,6,12-13H2,1-5H3,(H2,31,34)(H,33,37)/t19-,20-,23?,24?,28+,29?/m1/s1. The average molecular weight is 538 g/mol. The number of fused-ring (bicyclic) bond motifs is 1. The van der Waals surface area contributed by atoms with E-state index in [-0.39, 0.29) is 30.1 Å². The zero-order chi connectivity index (χ0) is 28.3. The van der Waals surface area contributed by atoms with Gasteiger partial charge in [-0.15, -0.1) is 0 Å². The van der Waals surface area contributed by atoms with Crippen LogP contribution in [0.4, 0.5) is 4.39 Å². The predicted molar refractivity (Wildman–Crippen MR) is 143 cm³/mol. The first-order valence-corrected chi connectivity index (χ1v) is 13.4. The number of aromatic nitrogens is 1. The molecule has 1 aromatic heterocycles. The summed E-state index contributed by atoms with van der Waals surface area (Å²) in [5, 5.41) is 14.6. The Morgan fingerprint density at radius 2 is 2.00 bits per heavy atom. The van der Waals surface area contributed by atoms with Crippen molar-refractivity contribution in [2.75, 3.05) is 0 Å². The first-order chi connectivity index (χ1) is 18.3. The van der Waals surface area contributed by atoms with Gasteiger partial charge in [0, 0.05) is 17.7 Å². The van der Waals surface area contributed by atoms with Crippen LogP contribution in [0.1, 0.15) is 77.1 Å². The van der Waals surface area contributed by atoms with Gasteiger partial charge < -0.3 is 20.9 Å². The van der Waals surface area contributed by atoms with E-state index in [4.69, 9.17) is 10.5 Å². The second-order valence-corrected chi connectivity index (χ2v) is 11.9. The van der Waals surface area contributed by atoms with Crippen molar-refractivity contribution < 1.29 is 23.8 Å². The molecule has 10 heteroatoms. The van der Waals surface area contributed by atoms with Crippen molar-refractivity contribution in [3.05, 3.63) is 59.7 Å². The van der Waals surface area contributed by atoms with Crippen molar-refractivity contribution in [1.29, 1.82) is 0 Å². The second-order valence-electron chi connectivity index (χ2n) is 11.9. The first kappa shape index (κ1) is 27.1. The third-order valence-corrected chi connectivity index (χ3v) is 8.78. The van der Waals surface area contributed by atoms with Gasteiger partial charge in [0.15, 0.2) is 5.96 Å². The van der Waals surface area contributed by atoms with Gasteiger partial charge in [-0.3, -0.25) is 19.5 Å². The van der Waals surface area contributed by atoms with E-state index in [1.807, 2.05) is 38.1 Å². The van der Waals surface area contributed by atoms with Crippen LogP contribution < -0.4 is 15.8 Å². The minimum atomic E-state index is -1.42. The average Bonchev–Trinajstić information content (AvgIpc) is 3.64. The summed E-state index contributed by atoms with van der Waals surface area (Å²) in [4.78, 5) is 37.1. The molecule has 3 heterocycles. The SMILES string of the molecule is CC[C@@]1(C)CC(=O)N(C(c2cncc(F)c2)[C@@H]2C[C@H]2C(=O)NC2c3ccccc3OC(C)(C)C2(C)O)C(N)=N1. The normalized spacial score (nSPS) is 32.0. The highest BCUT2D eigenvalue weighted by Crippen LogP contribution is 2.52. The fourth-order valence-corrected chi connectivity index (χ4v) is 5.76. The monoisotopic (exact) mass is 537 g/mol. The van der Waals surface area contributed by atoms with E-state index < -0.39 is 40.6 Å². The molecule has 2 aromatic rings. The number of nitrogens with zero attached hydrogens (tertiary/aromatic N) is 3. The zero-order valence-electron chi connectivity index (χ0n) is 22.9. The van der Waals surface area contributed by atoms with E-state index in [2.05, 4.69) is 15.3 Å². The van der Waals surface area contributed by atoms with Crippen LogP contribution in [-0.4, -0.2) is 49.5 Å². The smallest absolute Gasteiger partial charge is 0.232 e. The maximum atomic E-state index is 14.3. The molecule has 39 heavy (non-hydrogen) atoms. The number of benzene rings is 1. The maximum absolute atomic E-state index is 14.3.